The van der Waals surface area contributed by atoms with Crippen LogP contribution in [-0.2, 0) is 22.4 Å². The first-order valence-electron chi connectivity index (χ1n) is 11.0. The summed E-state index contributed by atoms with van der Waals surface area (Å²) in [6.07, 6.45) is 4.91. The summed E-state index contributed by atoms with van der Waals surface area (Å²) in [4.78, 5) is 40.3. The minimum absolute atomic E-state index is 0.162. The topological polar surface area (TPSA) is 66.5 Å². The van der Waals surface area contributed by atoms with Gasteiger partial charge in [-0.15, -0.1) is 0 Å². The minimum Gasteiger partial charge on any atom is -0.321 e. The fourth-order valence-corrected chi connectivity index (χ4v) is 4.67. The molecule has 2 aromatic rings. The van der Waals surface area contributed by atoms with Gasteiger partial charge >= 0.3 is 0 Å². The van der Waals surface area contributed by atoms with Gasteiger partial charge in [-0.2, -0.15) is 0 Å². The van der Waals surface area contributed by atoms with Gasteiger partial charge in [-0.3, -0.25) is 19.3 Å². The summed E-state index contributed by atoms with van der Waals surface area (Å²) in [6, 6.07) is 12.8. The number of carbonyl (C=O) groups is 3. The summed E-state index contributed by atoms with van der Waals surface area (Å²) in [7, 11) is 0. The zero-order valence-electron chi connectivity index (χ0n) is 18.3. The molecule has 1 heterocycles. The SMILES string of the molecule is CCc1cccc(CC)c1NC(=O)c1cccc(N2C(=O)[C@H]3CC(C)=CC[C@H]3C2=O)c1. The van der Waals surface area contributed by atoms with Crippen molar-refractivity contribution >= 4 is 29.1 Å². The van der Waals surface area contributed by atoms with Gasteiger partial charge < -0.3 is 5.32 Å². The number of rotatable bonds is 5. The van der Waals surface area contributed by atoms with Crippen LogP contribution >= 0.6 is 0 Å². The zero-order chi connectivity index (χ0) is 22.1. The maximum Gasteiger partial charge on any atom is 0.255 e. The average Bonchev–Trinajstić information content (AvgIpc) is 3.03. The Balaban J connectivity index is 1.61. The highest BCUT2D eigenvalue weighted by Gasteiger charge is 2.48. The number of carbonyl (C=O) groups excluding carboxylic acids is 3. The Hall–Kier alpha value is -3.21. The fraction of sp³-hybridized carbons (Fsp3) is 0.346. The van der Waals surface area contributed by atoms with Crippen LogP contribution in [0.15, 0.2) is 54.1 Å². The van der Waals surface area contributed by atoms with E-state index in [1.807, 2.05) is 25.1 Å². The molecule has 0 saturated carbocycles. The molecule has 1 saturated heterocycles. The highest BCUT2D eigenvalue weighted by atomic mass is 16.2. The lowest BCUT2D eigenvalue weighted by Gasteiger charge is -2.18. The van der Waals surface area contributed by atoms with E-state index in [-0.39, 0.29) is 29.6 Å². The molecule has 0 radical (unpaired) electrons. The number of anilines is 2. The van der Waals surface area contributed by atoms with Gasteiger partial charge in [0.25, 0.3) is 5.91 Å². The van der Waals surface area contributed by atoms with E-state index in [1.54, 1.807) is 24.3 Å². The molecular formula is C26H28N2O3. The van der Waals surface area contributed by atoms with Crippen molar-refractivity contribution in [2.45, 2.75) is 46.5 Å². The molecule has 0 aromatic heterocycles. The number of para-hydroxylation sites is 1. The molecule has 5 heteroatoms. The zero-order valence-corrected chi connectivity index (χ0v) is 18.3. The lowest BCUT2D eigenvalue weighted by atomic mass is 9.82. The molecule has 0 spiro atoms. The molecule has 31 heavy (non-hydrogen) atoms. The van der Waals surface area contributed by atoms with Crippen LogP contribution in [0.1, 0.15) is 55.1 Å². The largest absolute Gasteiger partial charge is 0.321 e. The highest BCUT2D eigenvalue weighted by molar-refractivity contribution is 6.22. The second-order valence-corrected chi connectivity index (χ2v) is 8.38. The molecule has 4 rings (SSSR count). The molecule has 5 nitrogen and oxygen atoms in total. The molecule has 160 valence electrons. The first kappa shape index (κ1) is 21.0. The van der Waals surface area contributed by atoms with E-state index in [1.165, 1.54) is 4.90 Å². The van der Waals surface area contributed by atoms with E-state index >= 15 is 0 Å². The Morgan fingerprint density at radius 1 is 1.00 bits per heavy atom. The third kappa shape index (κ3) is 3.80. The summed E-state index contributed by atoms with van der Waals surface area (Å²) in [6.45, 7) is 6.12. The van der Waals surface area contributed by atoms with Crippen molar-refractivity contribution in [2.75, 3.05) is 10.2 Å². The number of benzene rings is 2. The number of aryl methyl sites for hydroxylation is 2. The summed E-state index contributed by atoms with van der Waals surface area (Å²) in [5.74, 6) is -1.16. The second kappa shape index (κ2) is 8.50. The maximum atomic E-state index is 13.1. The van der Waals surface area contributed by atoms with Crippen LogP contribution in [0.3, 0.4) is 0 Å². The van der Waals surface area contributed by atoms with Gasteiger partial charge in [-0.1, -0.05) is 49.8 Å². The smallest absolute Gasteiger partial charge is 0.255 e. The van der Waals surface area contributed by atoms with Crippen LogP contribution in [0.2, 0.25) is 0 Å². The monoisotopic (exact) mass is 416 g/mol. The molecule has 2 aromatic carbocycles. The number of nitrogens with zero attached hydrogens (tertiary/aromatic N) is 1. The Morgan fingerprint density at radius 3 is 2.32 bits per heavy atom. The standard InChI is InChI=1S/C26H28N2O3/c1-4-17-8-6-9-18(5-2)23(17)27-24(29)19-10-7-11-20(15-19)28-25(30)21-13-12-16(3)14-22(21)26(28)31/h6-12,15,21-22H,4-5,13-14H2,1-3H3,(H,27,29)/t21-,22+/m1/s1. The Morgan fingerprint density at radius 2 is 1.65 bits per heavy atom. The number of fused-ring (bicyclic) bond motifs is 1. The summed E-state index contributed by atoms with van der Waals surface area (Å²) >= 11 is 0. The maximum absolute atomic E-state index is 13.1. The van der Waals surface area contributed by atoms with E-state index in [0.29, 0.717) is 24.1 Å². The second-order valence-electron chi connectivity index (χ2n) is 8.38. The van der Waals surface area contributed by atoms with Crippen molar-refractivity contribution in [1.82, 2.24) is 0 Å². The highest BCUT2D eigenvalue weighted by Crippen LogP contribution is 2.39. The Kier molecular flexibility index (Phi) is 5.77. The molecule has 1 aliphatic carbocycles. The number of nitrogens with one attached hydrogen (secondary N) is 1. The Labute approximate surface area is 183 Å². The van der Waals surface area contributed by atoms with Crippen molar-refractivity contribution in [2.24, 2.45) is 11.8 Å². The number of amides is 3. The number of allylic oxidation sites excluding steroid dienone is 2. The van der Waals surface area contributed by atoms with Crippen LogP contribution < -0.4 is 10.2 Å². The van der Waals surface area contributed by atoms with Gasteiger partial charge in [0.15, 0.2) is 0 Å². The van der Waals surface area contributed by atoms with Crippen LogP contribution in [0.4, 0.5) is 11.4 Å². The van der Waals surface area contributed by atoms with Crippen molar-refractivity contribution < 1.29 is 14.4 Å². The van der Waals surface area contributed by atoms with Crippen molar-refractivity contribution in [1.29, 1.82) is 0 Å². The van der Waals surface area contributed by atoms with Crippen LogP contribution in [0.5, 0.6) is 0 Å². The molecule has 0 bridgehead atoms. The van der Waals surface area contributed by atoms with Crippen LogP contribution in [0.25, 0.3) is 0 Å². The predicted octanol–water partition coefficient (Wildman–Crippen LogP) is 4.91. The van der Waals surface area contributed by atoms with Gasteiger partial charge in [0.05, 0.1) is 17.5 Å². The van der Waals surface area contributed by atoms with Gasteiger partial charge in [0.1, 0.15) is 0 Å². The third-order valence-electron chi connectivity index (χ3n) is 6.43. The fourth-order valence-electron chi connectivity index (χ4n) is 4.67. The molecular weight excluding hydrogens is 388 g/mol. The molecule has 1 N–H and O–H groups in total. The van der Waals surface area contributed by atoms with E-state index in [2.05, 4.69) is 25.2 Å². The lowest BCUT2D eigenvalue weighted by molar-refractivity contribution is -0.122. The van der Waals surface area contributed by atoms with E-state index in [0.717, 1.165) is 35.2 Å². The lowest BCUT2D eigenvalue weighted by Crippen LogP contribution is -2.31. The Bertz CT molecular complexity index is 1060. The van der Waals surface area contributed by atoms with Gasteiger partial charge in [0, 0.05) is 11.3 Å². The normalized spacial score (nSPS) is 20.5. The molecule has 2 aliphatic rings. The van der Waals surface area contributed by atoms with Crippen LogP contribution in [-0.4, -0.2) is 17.7 Å². The first-order chi connectivity index (χ1) is 14.9. The number of hydrogen-bond donors (Lipinski definition) is 1. The molecule has 0 unspecified atom stereocenters. The number of imide groups is 1. The van der Waals surface area contributed by atoms with Crippen molar-refractivity contribution in [3.05, 3.63) is 70.8 Å². The van der Waals surface area contributed by atoms with Crippen molar-refractivity contribution in [3.63, 3.8) is 0 Å². The van der Waals surface area contributed by atoms with Crippen molar-refractivity contribution in [3.8, 4) is 0 Å². The summed E-state index contributed by atoms with van der Waals surface area (Å²) < 4.78 is 0. The predicted molar refractivity (Wildman–Crippen MR) is 122 cm³/mol. The van der Waals surface area contributed by atoms with Gasteiger partial charge in [-0.25, -0.2) is 0 Å². The van der Waals surface area contributed by atoms with Crippen LogP contribution in [0, 0.1) is 11.8 Å². The average molecular weight is 417 g/mol. The molecule has 1 fully saturated rings. The van der Waals surface area contributed by atoms with E-state index < -0.39 is 0 Å². The molecule has 3 amide bonds. The minimum atomic E-state index is -0.294. The third-order valence-corrected chi connectivity index (χ3v) is 6.43. The summed E-state index contributed by atoms with van der Waals surface area (Å²) in [5.41, 5.74) is 5.06. The number of hydrogen-bond acceptors (Lipinski definition) is 3. The summed E-state index contributed by atoms with van der Waals surface area (Å²) in [5, 5.41) is 3.06. The van der Waals surface area contributed by atoms with E-state index in [4.69, 9.17) is 0 Å². The van der Waals surface area contributed by atoms with Gasteiger partial charge in [0.2, 0.25) is 11.8 Å². The van der Waals surface area contributed by atoms with E-state index in [9.17, 15) is 14.4 Å². The molecule has 2 atom stereocenters. The molecule has 1 aliphatic heterocycles. The quantitative estimate of drug-likeness (QED) is 0.556. The van der Waals surface area contributed by atoms with Gasteiger partial charge in [-0.05, 0) is 61.9 Å². The first-order valence-corrected chi connectivity index (χ1v) is 11.0.